The topological polar surface area (TPSA) is 45.7 Å². The first-order valence-corrected chi connectivity index (χ1v) is 8.02. The number of nitrogens with zero attached hydrogens (tertiary/aromatic N) is 3. The van der Waals surface area contributed by atoms with E-state index in [-0.39, 0.29) is 5.91 Å². The molecule has 5 nitrogen and oxygen atoms in total. The van der Waals surface area contributed by atoms with Gasteiger partial charge in [0.2, 0.25) is 5.91 Å². The fraction of sp³-hybridized carbons (Fsp3) is 0.263. The third-order valence-corrected chi connectivity index (χ3v) is 4.13. The van der Waals surface area contributed by atoms with Crippen LogP contribution in [0.1, 0.15) is 5.56 Å². The fourth-order valence-corrected chi connectivity index (χ4v) is 2.73. The summed E-state index contributed by atoms with van der Waals surface area (Å²) >= 11 is 0. The Balaban J connectivity index is 1.54. The van der Waals surface area contributed by atoms with E-state index in [1.165, 1.54) is 0 Å². The molecule has 0 radical (unpaired) electrons. The zero-order valence-electron chi connectivity index (χ0n) is 13.8. The first-order valence-electron chi connectivity index (χ1n) is 8.02. The van der Waals surface area contributed by atoms with Crippen LogP contribution in [0.3, 0.4) is 0 Å². The number of ether oxygens (including phenoxy) is 1. The molecule has 0 spiro atoms. The molecule has 2 aromatic rings. The zero-order valence-corrected chi connectivity index (χ0v) is 13.8. The fourth-order valence-electron chi connectivity index (χ4n) is 2.73. The first-order chi connectivity index (χ1) is 11.8. The molecule has 24 heavy (non-hydrogen) atoms. The Morgan fingerprint density at radius 3 is 2.50 bits per heavy atom. The van der Waals surface area contributed by atoms with Gasteiger partial charge in [-0.05, 0) is 42.0 Å². The van der Waals surface area contributed by atoms with Crippen LogP contribution in [0, 0.1) is 0 Å². The molecule has 0 unspecified atom stereocenters. The number of hydrogen-bond donors (Lipinski definition) is 0. The highest BCUT2D eigenvalue weighted by atomic mass is 16.5. The van der Waals surface area contributed by atoms with Gasteiger partial charge in [-0.3, -0.25) is 9.78 Å². The van der Waals surface area contributed by atoms with Crippen LogP contribution in [-0.4, -0.2) is 49.1 Å². The number of carbonyl (C=O) groups is 1. The van der Waals surface area contributed by atoms with Crippen molar-refractivity contribution < 1.29 is 9.53 Å². The maximum atomic E-state index is 12.3. The van der Waals surface area contributed by atoms with E-state index in [2.05, 4.69) is 22.0 Å². The third kappa shape index (κ3) is 3.93. The Morgan fingerprint density at radius 1 is 1.12 bits per heavy atom. The standard InChI is InChI=1S/C19H21N3O2/c1-24-18-7-5-17(6-8-18)21-11-13-22(14-12-21)19(23)9-4-16-3-2-10-20-15-16/h2-10,15H,11-14H2,1H3/b9-4+. The molecule has 0 atom stereocenters. The van der Waals surface area contributed by atoms with Gasteiger partial charge in [0.25, 0.3) is 0 Å². The van der Waals surface area contributed by atoms with Crippen molar-refractivity contribution in [2.75, 3.05) is 38.2 Å². The van der Waals surface area contributed by atoms with Gasteiger partial charge in [0.05, 0.1) is 7.11 Å². The molecular weight excluding hydrogens is 302 g/mol. The van der Waals surface area contributed by atoms with Crippen molar-refractivity contribution in [3.05, 3.63) is 60.4 Å². The number of carbonyl (C=O) groups excluding carboxylic acids is 1. The van der Waals surface area contributed by atoms with Crippen molar-refractivity contribution in [3.63, 3.8) is 0 Å². The molecule has 124 valence electrons. The molecule has 1 aromatic carbocycles. The van der Waals surface area contributed by atoms with Crippen molar-refractivity contribution in [2.45, 2.75) is 0 Å². The van der Waals surface area contributed by atoms with E-state index in [0.29, 0.717) is 0 Å². The molecule has 0 bridgehead atoms. The third-order valence-electron chi connectivity index (χ3n) is 4.13. The molecule has 1 saturated heterocycles. The molecule has 2 heterocycles. The van der Waals surface area contributed by atoms with Crippen LogP contribution < -0.4 is 9.64 Å². The van der Waals surface area contributed by atoms with E-state index in [1.54, 1.807) is 25.6 Å². The normalized spacial score (nSPS) is 14.9. The van der Waals surface area contributed by atoms with Gasteiger partial charge in [-0.15, -0.1) is 0 Å². The molecule has 1 aliphatic heterocycles. The lowest BCUT2D eigenvalue weighted by atomic mass is 10.2. The van der Waals surface area contributed by atoms with Crippen LogP contribution in [0.25, 0.3) is 6.08 Å². The summed E-state index contributed by atoms with van der Waals surface area (Å²) in [5.74, 6) is 0.904. The zero-order chi connectivity index (χ0) is 16.8. The lowest BCUT2D eigenvalue weighted by Gasteiger charge is -2.35. The molecule has 1 aliphatic rings. The highest BCUT2D eigenvalue weighted by Gasteiger charge is 2.19. The van der Waals surface area contributed by atoms with E-state index in [4.69, 9.17) is 4.74 Å². The lowest BCUT2D eigenvalue weighted by molar-refractivity contribution is -0.126. The van der Waals surface area contributed by atoms with Crippen molar-refractivity contribution in [1.82, 2.24) is 9.88 Å². The number of piperazine rings is 1. The summed E-state index contributed by atoms with van der Waals surface area (Å²) in [5, 5.41) is 0. The summed E-state index contributed by atoms with van der Waals surface area (Å²) in [7, 11) is 1.67. The van der Waals surface area contributed by atoms with Crippen molar-refractivity contribution >= 4 is 17.7 Å². The second kappa shape index (κ2) is 7.64. The number of amides is 1. The Morgan fingerprint density at radius 2 is 1.88 bits per heavy atom. The Bertz CT molecular complexity index is 690. The summed E-state index contributed by atoms with van der Waals surface area (Å²) in [6.45, 7) is 3.11. The van der Waals surface area contributed by atoms with Gasteiger partial charge < -0.3 is 14.5 Å². The van der Waals surface area contributed by atoms with Crippen molar-refractivity contribution in [2.24, 2.45) is 0 Å². The number of anilines is 1. The molecule has 1 amide bonds. The quantitative estimate of drug-likeness (QED) is 0.811. The molecule has 1 fully saturated rings. The molecular formula is C19H21N3O2. The monoisotopic (exact) mass is 323 g/mol. The Hall–Kier alpha value is -2.82. The van der Waals surface area contributed by atoms with Gasteiger partial charge in [0, 0.05) is 50.3 Å². The smallest absolute Gasteiger partial charge is 0.246 e. The van der Waals surface area contributed by atoms with Crippen LogP contribution in [-0.2, 0) is 4.79 Å². The molecule has 0 N–H and O–H groups in total. The van der Waals surface area contributed by atoms with Gasteiger partial charge in [-0.25, -0.2) is 0 Å². The first kappa shape index (κ1) is 16.1. The van der Waals surface area contributed by atoms with Gasteiger partial charge in [0.15, 0.2) is 0 Å². The number of rotatable bonds is 4. The van der Waals surface area contributed by atoms with Gasteiger partial charge in [-0.1, -0.05) is 6.07 Å². The van der Waals surface area contributed by atoms with Gasteiger partial charge in [0.1, 0.15) is 5.75 Å². The predicted octanol–water partition coefficient (Wildman–Crippen LogP) is 2.45. The van der Waals surface area contributed by atoms with Crippen molar-refractivity contribution in [3.8, 4) is 5.75 Å². The number of pyridine rings is 1. The summed E-state index contributed by atoms with van der Waals surface area (Å²) in [6, 6.07) is 11.8. The number of benzene rings is 1. The lowest BCUT2D eigenvalue weighted by Crippen LogP contribution is -2.48. The average Bonchev–Trinajstić information content (AvgIpc) is 2.67. The SMILES string of the molecule is COc1ccc(N2CCN(C(=O)/C=C/c3cccnc3)CC2)cc1. The van der Waals surface area contributed by atoms with Crippen LogP contribution >= 0.6 is 0 Å². The molecule has 5 heteroatoms. The van der Waals surface area contributed by atoms with E-state index in [9.17, 15) is 4.79 Å². The largest absolute Gasteiger partial charge is 0.497 e. The van der Waals surface area contributed by atoms with Crippen LogP contribution in [0.2, 0.25) is 0 Å². The van der Waals surface area contributed by atoms with Crippen molar-refractivity contribution in [1.29, 1.82) is 0 Å². The highest BCUT2D eigenvalue weighted by molar-refractivity contribution is 5.91. The maximum absolute atomic E-state index is 12.3. The summed E-state index contributed by atoms with van der Waals surface area (Å²) < 4.78 is 5.18. The molecule has 1 aromatic heterocycles. The highest BCUT2D eigenvalue weighted by Crippen LogP contribution is 2.20. The van der Waals surface area contributed by atoms with E-state index >= 15 is 0 Å². The molecule has 0 saturated carbocycles. The summed E-state index contributed by atoms with van der Waals surface area (Å²) in [4.78, 5) is 20.5. The number of aromatic nitrogens is 1. The predicted molar refractivity (Wildman–Crippen MR) is 95.1 cm³/mol. The minimum absolute atomic E-state index is 0.0493. The Labute approximate surface area is 142 Å². The second-order valence-corrected chi connectivity index (χ2v) is 5.63. The minimum Gasteiger partial charge on any atom is -0.497 e. The van der Waals surface area contributed by atoms with Crippen LogP contribution in [0.4, 0.5) is 5.69 Å². The van der Waals surface area contributed by atoms with E-state index in [0.717, 1.165) is 43.2 Å². The van der Waals surface area contributed by atoms with E-state index in [1.807, 2.05) is 35.2 Å². The average molecular weight is 323 g/mol. The summed E-state index contributed by atoms with van der Waals surface area (Å²) in [6.07, 6.45) is 6.90. The van der Waals surface area contributed by atoms with Gasteiger partial charge in [-0.2, -0.15) is 0 Å². The maximum Gasteiger partial charge on any atom is 0.246 e. The minimum atomic E-state index is 0.0493. The second-order valence-electron chi connectivity index (χ2n) is 5.63. The van der Waals surface area contributed by atoms with E-state index < -0.39 is 0 Å². The summed E-state index contributed by atoms with van der Waals surface area (Å²) in [5.41, 5.74) is 2.09. The van der Waals surface area contributed by atoms with Gasteiger partial charge >= 0.3 is 0 Å². The number of hydrogen-bond acceptors (Lipinski definition) is 4. The number of methoxy groups -OCH3 is 1. The molecule has 3 rings (SSSR count). The van der Waals surface area contributed by atoms with Crippen LogP contribution in [0.15, 0.2) is 54.9 Å². The molecule has 0 aliphatic carbocycles. The Kier molecular flexibility index (Phi) is 5.11. The van der Waals surface area contributed by atoms with Crippen LogP contribution in [0.5, 0.6) is 5.75 Å².